The number of phenols is 1. The van der Waals surface area contributed by atoms with Crippen molar-refractivity contribution in [1.29, 1.82) is 5.41 Å². The van der Waals surface area contributed by atoms with Crippen LogP contribution in [0.25, 0.3) is 0 Å². The minimum Gasteiger partial charge on any atom is -0.710 e. The van der Waals surface area contributed by atoms with E-state index in [0.717, 1.165) is 25.6 Å². The molecule has 7 aromatic rings. The molecule has 3 aliphatic heterocycles. The Kier molecular flexibility index (Phi) is 26.3. The molecule has 8 heterocycles. The van der Waals surface area contributed by atoms with Crippen molar-refractivity contribution in [3.8, 4) is 11.5 Å². The summed E-state index contributed by atoms with van der Waals surface area (Å²) in [5, 5.41) is 114. The second-order valence-electron chi connectivity index (χ2n) is 20.1. The summed E-state index contributed by atoms with van der Waals surface area (Å²) in [6.45, 7) is 4.30. The Balaban J connectivity index is 0.000000172. The Labute approximate surface area is 566 Å². The number of aromatic nitrogens is 5. The number of anilines is 2. The molecule has 0 radical (unpaired) electrons. The Morgan fingerprint density at radius 1 is 0.710 bits per heavy atom. The highest BCUT2D eigenvalue weighted by Crippen LogP contribution is 2.39. The van der Waals surface area contributed by atoms with Gasteiger partial charge in [-0.1, -0.05) is 23.3 Å². The normalized spacial score (nSPS) is 16.6. The van der Waals surface area contributed by atoms with E-state index in [1.54, 1.807) is 116 Å². The van der Waals surface area contributed by atoms with E-state index in [2.05, 4.69) is 66.1 Å². The molecular formula is C61H62N22O16S. The van der Waals surface area contributed by atoms with Gasteiger partial charge in [0.15, 0.2) is 28.5 Å². The second-order valence-corrected chi connectivity index (χ2v) is 21.6. The molecule has 2 saturated heterocycles. The Bertz CT molecular complexity index is 4740. The summed E-state index contributed by atoms with van der Waals surface area (Å²) >= 11 is 0. The van der Waals surface area contributed by atoms with Crippen LogP contribution in [0, 0.1) is 15.8 Å². The number of nitrogens with two attached hydrogens (primary N) is 2. The molecule has 1 atom stereocenters. The van der Waals surface area contributed by atoms with E-state index >= 15 is 0 Å². The molecule has 100 heavy (non-hydrogen) atoms. The van der Waals surface area contributed by atoms with E-state index in [1.165, 1.54) is 80.2 Å². The minimum absolute atomic E-state index is 0.0374. The van der Waals surface area contributed by atoms with Crippen LogP contribution in [0.1, 0.15) is 6.92 Å². The topological polar surface area (TPSA) is 530 Å². The fraction of sp³-hybridized carbons (Fsp3) is 0.148. The number of nitrogen functional groups attached to an aromatic ring is 1. The van der Waals surface area contributed by atoms with Crippen LogP contribution in [0.4, 0.5) is 44.9 Å². The SMILES string of the molecule is CC1=CC(=NN=c2ccccn2O)C(N)=CC1=N.CN1C(=O)NC(=O)C(N=Nc2cccc[n+]2[O-])C1=O.CO[n+]1ccccc1N=Nc1cc2c(cc1O)NCCO2.CS(=O)(=O)O[O-].Nc1ccc(N=Nc2ccc[n+]([O-])c2)cc1.O=C1C=C2NCCOC2=CC1=NN=c1ccccn1O. The quantitative estimate of drug-likeness (QED) is 0.00908. The molecule has 1 unspecified atom stereocenters. The van der Waals surface area contributed by atoms with Crippen LogP contribution in [0.2, 0.25) is 0 Å². The van der Waals surface area contributed by atoms with Gasteiger partial charge >= 0.3 is 17.7 Å². The minimum atomic E-state index is -3.72. The van der Waals surface area contributed by atoms with E-state index in [-0.39, 0.29) is 28.6 Å². The third kappa shape index (κ3) is 22.2. The van der Waals surface area contributed by atoms with Gasteiger partial charge in [0.25, 0.3) is 28.0 Å². The largest absolute Gasteiger partial charge is 0.710 e. The molecule has 0 bridgehead atoms. The number of ketones is 1. The van der Waals surface area contributed by atoms with Crippen LogP contribution >= 0.6 is 0 Å². The zero-order valence-corrected chi connectivity index (χ0v) is 53.9. The number of ether oxygens (including phenoxy) is 2. The number of fused-ring (bicyclic) bond motifs is 2. The highest BCUT2D eigenvalue weighted by Gasteiger charge is 2.40. The number of pyridine rings is 5. The first-order valence-corrected chi connectivity index (χ1v) is 30.7. The molecule has 38 nitrogen and oxygen atoms in total. The highest BCUT2D eigenvalue weighted by atomic mass is 32.2. The number of allylic oxidation sites excluding steroid dienone is 5. The lowest BCUT2D eigenvalue weighted by Crippen LogP contribution is -2.58. The molecule has 518 valence electrons. The number of phenolic OH excluding ortho intramolecular Hbond substituents is 1. The third-order valence-electron chi connectivity index (χ3n) is 12.8. The fourth-order valence-corrected chi connectivity index (χ4v) is 7.77. The van der Waals surface area contributed by atoms with Crippen molar-refractivity contribution in [1.82, 2.24) is 25.0 Å². The summed E-state index contributed by atoms with van der Waals surface area (Å²) in [5.41, 5.74) is 17.6. The molecule has 2 aromatic carbocycles. The number of carbonyl (C=O) groups is 4. The Morgan fingerprint density at radius 3 is 1.99 bits per heavy atom. The number of azo groups is 3. The van der Waals surface area contributed by atoms with Crippen molar-refractivity contribution in [2.24, 2.45) is 56.8 Å². The van der Waals surface area contributed by atoms with Gasteiger partial charge in [0.05, 0.1) is 51.2 Å². The van der Waals surface area contributed by atoms with Crippen molar-refractivity contribution in [3.05, 3.63) is 227 Å². The van der Waals surface area contributed by atoms with Gasteiger partial charge in [0.2, 0.25) is 12.0 Å². The number of carbonyl (C=O) groups excluding carboxylic acids is 4. The average molecular weight is 1390 g/mol. The predicted molar refractivity (Wildman–Crippen MR) is 350 cm³/mol. The number of likely N-dealkylation sites (N-methyl/N-ethyl adjacent to an activating group) is 1. The molecule has 11 N–H and O–H groups in total. The lowest BCUT2D eigenvalue weighted by molar-refractivity contribution is -0.875. The molecule has 4 amide bonds. The van der Waals surface area contributed by atoms with Crippen molar-refractivity contribution in [2.45, 2.75) is 13.0 Å². The summed E-state index contributed by atoms with van der Waals surface area (Å²) in [6, 6.07) is 31.0. The molecule has 39 heteroatoms. The van der Waals surface area contributed by atoms with Gasteiger partial charge in [-0.2, -0.15) is 19.3 Å². The summed E-state index contributed by atoms with van der Waals surface area (Å²) in [5.74, 6) is -0.216. The van der Waals surface area contributed by atoms with Crippen molar-refractivity contribution >= 4 is 91.0 Å². The van der Waals surface area contributed by atoms with Gasteiger partial charge in [-0.3, -0.25) is 24.6 Å². The molecule has 5 aliphatic rings. The summed E-state index contributed by atoms with van der Waals surface area (Å²) in [7, 11) is -0.970. The van der Waals surface area contributed by atoms with Gasteiger partial charge < -0.3 is 77.3 Å². The molecule has 0 saturated carbocycles. The van der Waals surface area contributed by atoms with Crippen LogP contribution in [0.15, 0.2) is 257 Å². The van der Waals surface area contributed by atoms with Crippen molar-refractivity contribution in [2.75, 3.05) is 57.8 Å². The first-order valence-electron chi connectivity index (χ1n) is 28.9. The smallest absolute Gasteiger partial charge is 0.388 e. The van der Waals surface area contributed by atoms with Crippen molar-refractivity contribution in [3.63, 3.8) is 0 Å². The Hall–Kier alpha value is -13.7. The van der Waals surface area contributed by atoms with Crippen LogP contribution in [0.5, 0.6) is 11.5 Å². The predicted octanol–water partition coefficient (Wildman–Crippen LogP) is 2.75. The number of nitrogens with zero attached hydrogens (tertiary/aromatic N) is 16. The Morgan fingerprint density at radius 2 is 1.34 bits per heavy atom. The van der Waals surface area contributed by atoms with Crippen LogP contribution in [0.3, 0.4) is 0 Å². The van der Waals surface area contributed by atoms with E-state index in [9.17, 15) is 53.5 Å². The maximum Gasteiger partial charge on any atom is 0.388 e. The summed E-state index contributed by atoms with van der Waals surface area (Å²) in [4.78, 5) is 52.0. The molecule has 2 fully saturated rings. The van der Waals surface area contributed by atoms with Gasteiger partial charge in [0, 0.05) is 80.7 Å². The first-order chi connectivity index (χ1) is 47.9. The maximum absolute atomic E-state index is 11.9. The third-order valence-corrected chi connectivity index (χ3v) is 13.0. The summed E-state index contributed by atoms with van der Waals surface area (Å²) in [6.07, 6.45) is 15.4. The summed E-state index contributed by atoms with van der Waals surface area (Å²) < 4.78 is 36.8. The number of benzene rings is 2. The fourth-order valence-electron chi connectivity index (χ4n) is 7.77. The van der Waals surface area contributed by atoms with E-state index in [4.69, 9.17) is 36.4 Å². The zero-order chi connectivity index (χ0) is 72.3. The molecule has 2 aliphatic carbocycles. The second kappa shape index (κ2) is 35.7. The number of amides is 4. The number of imide groups is 2. The highest BCUT2D eigenvalue weighted by molar-refractivity contribution is 7.85. The monoisotopic (exact) mass is 1390 g/mol. The molecular weight excluding hydrogens is 1330 g/mol. The number of barbiturate groups is 1. The van der Waals surface area contributed by atoms with E-state index in [0.29, 0.717) is 110 Å². The van der Waals surface area contributed by atoms with Crippen LogP contribution in [-0.4, -0.2) is 132 Å². The first kappa shape index (κ1) is 73.7. The van der Waals surface area contributed by atoms with Crippen LogP contribution < -0.4 is 67.4 Å². The standard InChI is InChI=1S/C14H14N4O3.C13H12N4O3.C12H13N5O.C11H10N4O.C10H9N5O4.CH4O4S/c1-20-18-6-3-2-4-14(18)17-16-10-9-13-11(8-12(10)19)15-5-7-21-13;18-11-7-10-12(20-6-4-14-10)8-9(11)15-16-13-3-1-2-5-17(13)19;1-8-6-11(10(14)7-9(8)13)15-16-12-4-2-3-5-17(12)18;12-9-3-5-10(6-4-9)13-14-11-2-1-7-15(16)8-11;1-14-9(17)7(8(16)11-10(14)18)13-12-6-4-2-3-5-15(6)19;1-6(3,4)5-2/h2-4,6,8-9H,5,7H2,1H3,(H,15,19);1-3,5,7-8,14,19H,4,6H2;2-7,13,18H,14H2,1H3;1-8H,12H2;2-5,7H,1H3,(H,11,16,18);2H,1H3. The van der Waals surface area contributed by atoms with E-state index in [1.807, 2.05) is 17.4 Å². The lowest BCUT2D eigenvalue weighted by Gasteiger charge is -2.23. The number of aromatic hydroxyl groups is 1. The average Bonchev–Trinajstić information content (AvgIpc) is 0.863. The van der Waals surface area contributed by atoms with Crippen molar-refractivity contribution < 1.29 is 81.2 Å². The number of rotatable bonds is 10. The number of hydrogen-bond acceptors (Lipinski definition) is 31. The number of nitrogens with one attached hydrogen (secondary N) is 4. The van der Waals surface area contributed by atoms with Gasteiger partial charge in [-0.15, -0.1) is 25.5 Å². The van der Waals surface area contributed by atoms with Gasteiger partial charge in [-0.05, 0) is 107 Å². The molecule has 0 spiro atoms. The number of morpholine rings is 1. The maximum atomic E-state index is 11.9. The molecule has 12 rings (SSSR count). The van der Waals surface area contributed by atoms with Crippen LogP contribution in [-0.2, 0) is 33.6 Å². The van der Waals surface area contributed by atoms with E-state index < -0.39 is 34.0 Å². The zero-order valence-electron chi connectivity index (χ0n) is 53.1. The number of urea groups is 1. The lowest BCUT2D eigenvalue weighted by atomic mass is 10.0. The number of hydrogen-bond donors (Lipinski definition) is 9. The molecule has 5 aromatic heterocycles. The van der Waals surface area contributed by atoms with Gasteiger partial charge in [0.1, 0.15) is 55.2 Å². The van der Waals surface area contributed by atoms with Gasteiger partial charge in [-0.25, -0.2) is 17.9 Å².